The first-order valence-corrected chi connectivity index (χ1v) is 4.57. The Kier molecular flexibility index (Phi) is 7.41. The lowest BCUT2D eigenvalue weighted by molar-refractivity contribution is -0.323. The van der Waals surface area contributed by atoms with Crippen molar-refractivity contribution < 1.29 is 17.9 Å². The number of rotatable bonds is 7. The largest absolute Gasteiger partial charge is 0.522 e. The molecule has 0 fully saturated rings. The number of alkyl halides is 4. The fourth-order valence-electron chi connectivity index (χ4n) is 0.708. The van der Waals surface area contributed by atoms with Gasteiger partial charge < -0.3 is 5.32 Å². The molecule has 2 nitrogen and oxygen atoms in total. The Hall–Kier alpha value is 0. The summed E-state index contributed by atoms with van der Waals surface area (Å²) in [7, 11) is 0. The van der Waals surface area contributed by atoms with E-state index in [9.17, 15) is 13.2 Å². The molecular formula is C7H13ClF3NO. The van der Waals surface area contributed by atoms with Crippen LogP contribution in [0.3, 0.4) is 0 Å². The van der Waals surface area contributed by atoms with Crippen molar-refractivity contribution in [2.75, 3.05) is 25.6 Å². The van der Waals surface area contributed by atoms with E-state index in [4.69, 9.17) is 11.6 Å². The van der Waals surface area contributed by atoms with Gasteiger partial charge in [-0.2, -0.15) is 0 Å². The van der Waals surface area contributed by atoms with E-state index >= 15 is 0 Å². The van der Waals surface area contributed by atoms with E-state index in [1.54, 1.807) is 0 Å². The highest BCUT2D eigenvalue weighted by molar-refractivity contribution is 6.17. The molecule has 0 aliphatic carbocycles. The van der Waals surface area contributed by atoms with Crippen molar-refractivity contribution in [3.8, 4) is 0 Å². The predicted octanol–water partition coefficient (Wildman–Crippen LogP) is 2.13. The molecule has 0 saturated carbocycles. The molecule has 80 valence electrons. The van der Waals surface area contributed by atoms with E-state index in [0.717, 1.165) is 12.8 Å². The molecule has 0 unspecified atom stereocenters. The molecule has 6 heteroatoms. The minimum absolute atomic E-state index is 0.210. The molecular weight excluding hydrogens is 207 g/mol. The molecule has 0 heterocycles. The van der Waals surface area contributed by atoms with Gasteiger partial charge in [0.2, 0.25) is 0 Å². The lowest BCUT2D eigenvalue weighted by Gasteiger charge is -2.07. The molecule has 0 radical (unpaired) electrons. The van der Waals surface area contributed by atoms with E-state index in [0.29, 0.717) is 12.4 Å². The number of nitrogens with one attached hydrogen (secondary N) is 1. The zero-order chi connectivity index (χ0) is 10.2. The monoisotopic (exact) mass is 219 g/mol. The Morgan fingerprint density at radius 3 is 2.38 bits per heavy atom. The van der Waals surface area contributed by atoms with Crippen LogP contribution in [0.25, 0.3) is 0 Å². The molecule has 0 atom stereocenters. The van der Waals surface area contributed by atoms with Crippen molar-refractivity contribution in [2.24, 2.45) is 0 Å². The first kappa shape index (κ1) is 13.0. The molecule has 0 amide bonds. The van der Waals surface area contributed by atoms with Crippen molar-refractivity contribution in [1.29, 1.82) is 0 Å². The first-order chi connectivity index (χ1) is 6.06. The normalized spacial score (nSPS) is 12.0. The van der Waals surface area contributed by atoms with Crippen LogP contribution in [-0.4, -0.2) is 31.9 Å². The summed E-state index contributed by atoms with van der Waals surface area (Å²) in [6.45, 7) is 0.542. The van der Waals surface area contributed by atoms with Crippen molar-refractivity contribution in [2.45, 2.75) is 19.2 Å². The van der Waals surface area contributed by atoms with Gasteiger partial charge in [0.1, 0.15) is 0 Å². The van der Waals surface area contributed by atoms with Gasteiger partial charge in [-0.05, 0) is 19.4 Å². The number of ether oxygens (including phenoxy) is 1. The van der Waals surface area contributed by atoms with E-state index in [1.807, 2.05) is 0 Å². The summed E-state index contributed by atoms with van der Waals surface area (Å²) in [5, 5.41) is 2.81. The summed E-state index contributed by atoms with van der Waals surface area (Å²) in [5.74, 6) is 0.584. The van der Waals surface area contributed by atoms with Gasteiger partial charge in [0, 0.05) is 12.4 Å². The molecule has 0 rings (SSSR count). The predicted molar refractivity (Wildman–Crippen MR) is 44.8 cm³/mol. The quantitative estimate of drug-likeness (QED) is 0.523. The minimum Gasteiger partial charge on any atom is -0.314 e. The Morgan fingerprint density at radius 2 is 1.85 bits per heavy atom. The van der Waals surface area contributed by atoms with Crippen LogP contribution in [0.15, 0.2) is 0 Å². The van der Waals surface area contributed by atoms with Crippen molar-refractivity contribution in [3.05, 3.63) is 0 Å². The highest BCUT2D eigenvalue weighted by atomic mass is 35.5. The van der Waals surface area contributed by atoms with Gasteiger partial charge in [0.25, 0.3) is 0 Å². The molecule has 0 aromatic heterocycles. The van der Waals surface area contributed by atoms with Crippen LogP contribution in [0.5, 0.6) is 0 Å². The summed E-state index contributed by atoms with van der Waals surface area (Å²) in [6, 6.07) is 0. The molecule has 0 aliphatic rings. The molecule has 0 saturated heterocycles. The third kappa shape index (κ3) is 12.0. The van der Waals surface area contributed by atoms with Crippen molar-refractivity contribution in [3.63, 3.8) is 0 Å². The van der Waals surface area contributed by atoms with Gasteiger partial charge in [-0.25, -0.2) is 0 Å². The number of unbranched alkanes of at least 4 members (excludes halogenated alkanes) is 1. The van der Waals surface area contributed by atoms with Crippen LogP contribution >= 0.6 is 11.6 Å². The summed E-state index contributed by atoms with van der Waals surface area (Å²) in [6.07, 6.45) is -2.78. The molecule has 13 heavy (non-hydrogen) atoms. The zero-order valence-corrected chi connectivity index (χ0v) is 7.92. The minimum atomic E-state index is -4.52. The van der Waals surface area contributed by atoms with Crippen LogP contribution in [0.4, 0.5) is 13.2 Å². The van der Waals surface area contributed by atoms with Crippen LogP contribution in [0.1, 0.15) is 12.8 Å². The summed E-state index contributed by atoms with van der Waals surface area (Å²) >= 11 is 5.40. The van der Waals surface area contributed by atoms with Crippen LogP contribution in [0.2, 0.25) is 0 Å². The average molecular weight is 220 g/mol. The van der Waals surface area contributed by atoms with Gasteiger partial charge in [-0.3, -0.25) is 4.74 Å². The topological polar surface area (TPSA) is 21.3 Å². The number of halogens is 4. The average Bonchev–Trinajstić information content (AvgIpc) is 2.01. The fraction of sp³-hybridized carbons (Fsp3) is 1.00. The third-order valence-electron chi connectivity index (χ3n) is 1.28. The lowest BCUT2D eigenvalue weighted by atomic mass is 10.3. The highest BCUT2D eigenvalue weighted by Crippen LogP contribution is 2.14. The van der Waals surface area contributed by atoms with Gasteiger partial charge >= 0.3 is 6.36 Å². The second kappa shape index (κ2) is 7.41. The lowest BCUT2D eigenvalue weighted by Crippen LogP contribution is -2.25. The third-order valence-corrected chi connectivity index (χ3v) is 1.55. The molecule has 0 bridgehead atoms. The van der Waals surface area contributed by atoms with E-state index in [1.165, 1.54) is 0 Å². The van der Waals surface area contributed by atoms with E-state index in [-0.39, 0.29) is 13.2 Å². The number of hydrogen-bond acceptors (Lipinski definition) is 2. The van der Waals surface area contributed by atoms with Gasteiger partial charge in [0.05, 0.1) is 6.61 Å². The van der Waals surface area contributed by atoms with Gasteiger partial charge in [0.15, 0.2) is 0 Å². The number of hydrogen-bond donors (Lipinski definition) is 1. The second-order valence-electron chi connectivity index (χ2n) is 2.44. The van der Waals surface area contributed by atoms with Crippen LogP contribution < -0.4 is 5.32 Å². The molecule has 0 aliphatic heterocycles. The Labute approximate surface area is 80.4 Å². The Balaban J connectivity index is 3.00. The van der Waals surface area contributed by atoms with Crippen LogP contribution in [-0.2, 0) is 4.74 Å². The smallest absolute Gasteiger partial charge is 0.314 e. The second-order valence-corrected chi connectivity index (χ2v) is 2.82. The summed E-state index contributed by atoms with van der Waals surface area (Å²) < 4.78 is 37.8. The Morgan fingerprint density at radius 1 is 1.15 bits per heavy atom. The molecule has 0 aromatic rings. The highest BCUT2D eigenvalue weighted by Gasteiger charge is 2.28. The maximum Gasteiger partial charge on any atom is 0.522 e. The van der Waals surface area contributed by atoms with Crippen LogP contribution in [0, 0.1) is 0 Å². The first-order valence-electron chi connectivity index (χ1n) is 4.03. The summed E-state index contributed by atoms with van der Waals surface area (Å²) in [5.41, 5.74) is 0. The van der Waals surface area contributed by atoms with Gasteiger partial charge in [-0.15, -0.1) is 24.8 Å². The van der Waals surface area contributed by atoms with E-state index < -0.39 is 6.36 Å². The molecule has 0 spiro atoms. The summed E-state index contributed by atoms with van der Waals surface area (Å²) in [4.78, 5) is 0. The van der Waals surface area contributed by atoms with E-state index in [2.05, 4.69) is 10.1 Å². The maximum absolute atomic E-state index is 11.4. The Bertz CT molecular complexity index is 121. The standard InChI is InChI=1S/C7H13ClF3NO/c8-3-1-2-4-12-5-6-13-7(9,10)11/h12H,1-6H2. The fourth-order valence-corrected chi connectivity index (χ4v) is 0.897. The van der Waals surface area contributed by atoms with Crippen molar-refractivity contribution >= 4 is 11.6 Å². The SMILES string of the molecule is FC(F)(F)OCCNCCCCCl. The maximum atomic E-state index is 11.4. The zero-order valence-electron chi connectivity index (χ0n) is 7.16. The van der Waals surface area contributed by atoms with Crippen molar-refractivity contribution in [1.82, 2.24) is 5.32 Å². The molecule has 1 N–H and O–H groups in total. The molecule has 0 aromatic carbocycles. The van der Waals surface area contributed by atoms with Gasteiger partial charge in [-0.1, -0.05) is 0 Å².